The Morgan fingerprint density at radius 1 is 0.529 bits per heavy atom. The smallest absolute Gasteiger partial charge is 0.126 e. The van der Waals surface area contributed by atoms with Gasteiger partial charge in [0.15, 0.2) is 0 Å². The maximum absolute atomic E-state index is 6.68. The zero-order chi connectivity index (χ0) is 14.5. The molecular formula is C10H27Cl3Si4. The Labute approximate surface area is 126 Å². The fraction of sp³-hybridized carbons (Fsp3) is 1.00. The Hall–Kier alpha value is 1.74. The van der Waals surface area contributed by atoms with Gasteiger partial charge in [-0.05, 0) is 3.91 Å². The predicted octanol–water partition coefficient (Wildman–Crippen LogP) is 6.01. The Morgan fingerprint density at radius 3 is 0.706 bits per heavy atom. The standard InChI is InChI=1S/C10H27Cl3Si4/c1-14(2,3)10(15(4,5)6,16(7,8)9)17(11,12)13/h1-9H3. The van der Waals surface area contributed by atoms with E-state index in [2.05, 4.69) is 58.9 Å². The average molecular weight is 366 g/mol. The third kappa shape index (κ3) is 3.08. The van der Waals surface area contributed by atoms with Crippen LogP contribution in [0.3, 0.4) is 0 Å². The van der Waals surface area contributed by atoms with Crippen LogP contribution in [0.15, 0.2) is 0 Å². The molecule has 0 aliphatic heterocycles. The largest absolute Gasteiger partial charge is 0.339 e. The lowest BCUT2D eigenvalue weighted by atomic mass is 11.6. The normalized spacial score (nSPS) is 16.2. The molecule has 0 radical (unpaired) electrons. The molecule has 0 saturated heterocycles. The second-order valence-electron chi connectivity index (χ2n) is 8.00. The molecule has 0 fully saturated rings. The summed E-state index contributed by atoms with van der Waals surface area (Å²) in [6.07, 6.45) is 0. The summed E-state index contributed by atoms with van der Waals surface area (Å²) in [5.74, 6) is 0. The van der Waals surface area contributed by atoms with Crippen molar-refractivity contribution < 1.29 is 0 Å². The van der Waals surface area contributed by atoms with E-state index in [1.165, 1.54) is 0 Å². The van der Waals surface area contributed by atoms with Crippen molar-refractivity contribution in [3.63, 3.8) is 0 Å². The van der Waals surface area contributed by atoms with Crippen LogP contribution in [-0.2, 0) is 0 Å². The van der Waals surface area contributed by atoms with E-state index in [0.717, 1.165) is 0 Å². The molecule has 0 atom stereocenters. The number of hydrogen-bond donors (Lipinski definition) is 0. The van der Waals surface area contributed by atoms with E-state index in [1.807, 2.05) is 0 Å². The van der Waals surface area contributed by atoms with E-state index in [0.29, 0.717) is 0 Å². The van der Waals surface area contributed by atoms with Gasteiger partial charge in [-0.15, -0.1) is 33.2 Å². The molecule has 0 aliphatic carbocycles. The van der Waals surface area contributed by atoms with E-state index >= 15 is 0 Å². The molecule has 0 spiro atoms. The minimum Gasteiger partial charge on any atom is -0.126 e. The van der Waals surface area contributed by atoms with Crippen molar-refractivity contribution in [2.75, 3.05) is 0 Å². The van der Waals surface area contributed by atoms with E-state index < -0.39 is 30.2 Å². The number of hydrogen-bond acceptors (Lipinski definition) is 0. The molecule has 0 nitrogen and oxygen atoms in total. The van der Waals surface area contributed by atoms with Gasteiger partial charge in [0.05, 0.1) is 0 Å². The predicted molar refractivity (Wildman–Crippen MR) is 96.0 cm³/mol. The highest BCUT2D eigenvalue weighted by molar-refractivity contribution is 7.72. The summed E-state index contributed by atoms with van der Waals surface area (Å²) in [5.41, 5.74) is 0. The molecule has 0 bridgehead atoms. The maximum Gasteiger partial charge on any atom is 0.339 e. The Kier molecular flexibility index (Phi) is 5.44. The molecule has 104 valence electrons. The van der Waals surface area contributed by atoms with Crippen LogP contribution in [0, 0.1) is 0 Å². The van der Waals surface area contributed by atoms with Crippen LogP contribution in [0.25, 0.3) is 0 Å². The minimum absolute atomic E-state index is 0.102. The van der Waals surface area contributed by atoms with Crippen LogP contribution in [0.4, 0.5) is 0 Å². The fourth-order valence-corrected chi connectivity index (χ4v) is 64.8. The maximum atomic E-state index is 6.68. The second-order valence-corrected chi connectivity index (χ2v) is 35.3. The molecule has 7 heteroatoms. The number of halogens is 3. The van der Waals surface area contributed by atoms with Crippen LogP contribution in [0.5, 0.6) is 0 Å². The van der Waals surface area contributed by atoms with E-state index in [9.17, 15) is 0 Å². The van der Waals surface area contributed by atoms with Crippen molar-refractivity contribution in [1.82, 2.24) is 0 Å². The summed E-state index contributed by atoms with van der Waals surface area (Å²) in [6, 6.07) is -2.74. The van der Waals surface area contributed by atoms with Gasteiger partial charge in [0, 0.05) is 24.2 Å². The summed E-state index contributed by atoms with van der Waals surface area (Å²) in [6.45, 7) is 21.6. The zero-order valence-corrected chi connectivity index (χ0v) is 18.9. The summed E-state index contributed by atoms with van der Waals surface area (Å²) in [7, 11) is -4.66. The molecule has 0 amide bonds. The average Bonchev–Trinajstić information content (AvgIpc) is 1.67. The van der Waals surface area contributed by atoms with Crippen LogP contribution < -0.4 is 0 Å². The Morgan fingerprint density at radius 2 is 0.706 bits per heavy atom. The highest BCUT2D eigenvalue weighted by atomic mass is 35.8. The highest BCUT2D eigenvalue weighted by Crippen LogP contribution is 2.63. The van der Waals surface area contributed by atoms with Gasteiger partial charge < -0.3 is 0 Å². The van der Waals surface area contributed by atoms with E-state index in [-0.39, 0.29) is 3.91 Å². The lowest BCUT2D eigenvalue weighted by molar-refractivity contribution is 1.23. The summed E-state index contributed by atoms with van der Waals surface area (Å²) < 4.78 is 0.102. The Bertz CT molecular complexity index is 216. The monoisotopic (exact) mass is 364 g/mol. The van der Waals surface area contributed by atoms with Crippen molar-refractivity contribution in [2.45, 2.75) is 62.8 Å². The summed E-state index contributed by atoms with van der Waals surface area (Å²) in [5, 5.41) is 0. The van der Waals surface area contributed by atoms with Crippen LogP contribution >= 0.6 is 33.2 Å². The SMILES string of the molecule is C[Si](C)(C)C([Si](C)(C)C)([Si](C)(C)C)[Si](Cl)(Cl)Cl. The molecule has 0 unspecified atom stereocenters. The first-order valence-electron chi connectivity index (χ1n) is 6.07. The van der Waals surface area contributed by atoms with Crippen LogP contribution in [0.1, 0.15) is 0 Å². The quantitative estimate of drug-likeness (QED) is 0.422. The molecule has 17 heavy (non-hydrogen) atoms. The molecular weight excluding hydrogens is 339 g/mol. The van der Waals surface area contributed by atoms with Gasteiger partial charge in [-0.3, -0.25) is 0 Å². The Balaban J connectivity index is 6.37. The summed E-state index contributed by atoms with van der Waals surface area (Å²) >= 11 is 20.1. The van der Waals surface area contributed by atoms with Gasteiger partial charge in [0.1, 0.15) is 0 Å². The van der Waals surface area contributed by atoms with Gasteiger partial charge in [-0.25, -0.2) is 0 Å². The molecule has 0 aromatic carbocycles. The van der Waals surface area contributed by atoms with Gasteiger partial charge >= 0.3 is 6.00 Å². The van der Waals surface area contributed by atoms with Crippen LogP contribution in [-0.4, -0.2) is 30.2 Å². The number of rotatable bonds is 4. The highest BCUT2D eigenvalue weighted by Gasteiger charge is 2.70. The van der Waals surface area contributed by atoms with E-state index in [1.54, 1.807) is 0 Å². The van der Waals surface area contributed by atoms with Crippen LogP contribution in [0.2, 0.25) is 62.8 Å². The molecule has 0 N–H and O–H groups in total. The lowest BCUT2D eigenvalue weighted by Crippen LogP contribution is -2.73. The van der Waals surface area contributed by atoms with Gasteiger partial charge in [-0.2, -0.15) is 0 Å². The third-order valence-corrected chi connectivity index (χ3v) is 41.9. The molecule has 0 aromatic heterocycles. The van der Waals surface area contributed by atoms with Gasteiger partial charge in [-0.1, -0.05) is 58.9 Å². The van der Waals surface area contributed by atoms with Crippen molar-refractivity contribution in [3.8, 4) is 0 Å². The molecule has 0 aliphatic rings. The van der Waals surface area contributed by atoms with Crippen molar-refractivity contribution in [1.29, 1.82) is 0 Å². The van der Waals surface area contributed by atoms with Gasteiger partial charge in [0.2, 0.25) is 0 Å². The molecule has 0 heterocycles. The topological polar surface area (TPSA) is 0 Å². The lowest BCUT2D eigenvalue weighted by Gasteiger charge is -2.61. The zero-order valence-electron chi connectivity index (χ0n) is 12.6. The van der Waals surface area contributed by atoms with E-state index in [4.69, 9.17) is 33.2 Å². The molecule has 0 saturated carbocycles. The molecule has 0 aromatic rings. The van der Waals surface area contributed by atoms with Gasteiger partial charge in [0.25, 0.3) is 0 Å². The second kappa shape index (κ2) is 4.93. The third-order valence-electron chi connectivity index (χ3n) is 3.80. The summed E-state index contributed by atoms with van der Waals surface area (Å²) in [4.78, 5) is 0. The molecule has 0 rings (SSSR count). The van der Waals surface area contributed by atoms with Crippen molar-refractivity contribution >= 4 is 63.5 Å². The van der Waals surface area contributed by atoms with Crippen molar-refractivity contribution in [2.24, 2.45) is 0 Å². The minimum atomic E-state index is -2.74. The fourth-order valence-electron chi connectivity index (χ4n) is 4.65. The first-order valence-corrected chi connectivity index (χ1v) is 21.6. The van der Waals surface area contributed by atoms with Crippen molar-refractivity contribution in [3.05, 3.63) is 0 Å². The first-order chi connectivity index (χ1) is 7.00. The first kappa shape index (κ1) is 18.7.